The Morgan fingerprint density at radius 1 is 0.895 bits per heavy atom. The van der Waals surface area contributed by atoms with Crippen LogP contribution >= 0.6 is 11.8 Å². The van der Waals surface area contributed by atoms with E-state index in [0.717, 1.165) is 11.5 Å². The number of hydrogen-bond acceptors (Lipinski definition) is 2. The smallest absolute Gasteiger partial charge is 0.119 e. The third-order valence-electron chi connectivity index (χ3n) is 2.72. The van der Waals surface area contributed by atoms with E-state index < -0.39 is 0 Å². The largest absolute Gasteiger partial charge is 0.491 e. The van der Waals surface area contributed by atoms with Crippen molar-refractivity contribution in [3.63, 3.8) is 0 Å². The van der Waals surface area contributed by atoms with E-state index in [0.29, 0.717) is 0 Å². The minimum Gasteiger partial charge on any atom is -0.491 e. The van der Waals surface area contributed by atoms with Crippen molar-refractivity contribution in [3.8, 4) is 16.9 Å². The summed E-state index contributed by atoms with van der Waals surface area (Å²) in [7, 11) is 0. The molecular formula is C17H20OS. The van der Waals surface area contributed by atoms with Crippen LogP contribution in [0.4, 0.5) is 0 Å². The number of ether oxygens (including phenoxy) is 1. The average molecular weight is 272 g/mol. The molecule has 0 heterocycles. The van der Waals surface area contributed by atoms with Gasteiger partial charge in [0.05, 0.1) is 6.10 Å². The van der Waals surface area contributed by atoms with Gasteiger partial charge < -0.3 is 4.74 Å². The van der Waals surface area contributed by atoms with Crippen molar-refractivity contribution in [3.05, 3.63) is 48.5 Å². The molecule has 0 spiro atoms. The zero-order valence-corrected chi connectivity index (χ0v) is 12.5. The average Bonchev–Trinajstić information content (AvgIpc) is 2.40. The summed E-state index contributed by atoms with van der Waals surface area (Å²) in [6.45, 7) is 6.25. The predicted molar refractivity (Wildman–Crippen MR) is 84.0 cm³/mol. The summed E-state index contributed by atoms with van der Waals surface area (Å²) in [6, 6.07) is 17.0. The van der Waals surface area contributed by atoms with Crippen LogP contribution in [0.3, 0.4) is 0 Å². The maximum Gasteiger partial charge on any atom is 0.119 e. The predicted octanol–water partition coefficient (Wildman–Crippen LogP) is 5.25. The Kier molecular flexibility index (Phi) is 4.92. The Morgan fingerprint density at radius 3 is 1.89 bits per heavy atom. The summed E-state index contributed by atoms with van der Waals surface area (Å²) in [5, 5.41) is 0. The van der Waals surface area contributed by atoms with Gasteiger partial charge in [-0.05, 0) is 55.0 Å². The fourth-order valence-electron chi connectivity index (χ4n) is 1.91. The summed E-state index contributed by atoms with van der Waals surface area (Å²) in [6.07, 6.45) is 0.219. The molecule has 0 amide bonds. The highest BCUT2D eigenvalue weighted by molar-refractivity contribution is 7.99. The Morgan fingerprint density at radius 2 is 1.42 bits per heavy atom. The van der Waals surface area contributed by atoms with Crippen molar-refractivity contribution in [2.75, 3.05) is 5.75 Å². The Balaban J connectivity index is 2.13. The van der Waals surface area contributed by atoms with Crippen LogP contribution in [0.5, 0.6) is 5.75 Å². The molecular weight excluding hydrogens is 252 g/mol. The fourth-order valence-corrected chi connectivity index (χ4v) is 2.57. The second-order valence-electron chi connectivity index (χ2n) is 4.65. The van der Waals surface area contributed by atoms with Gasteiger partial charge in [0.1, 0.15) is 5.75 Å². The number of benzene rings is 2. The molecule has 0 radical (unpaired) electrons. The standard InChI is InChI=1S/C17H20OS/c1-4-19-17-11-7-15(8-12-17)14-5-9-16(10-6-14)18-13(2)3/h5-13H,4H2,1-3H3. The van der Waals surface area contributed by atoms with Crippen molar-refractivity contribution >= 4 is 11.8 Å². The molecule has 0 atom stereocenters. The molecule has 2 heteroatoms. The van der Waals surface area contributed by atoms with Crippen molar-refractivity contribution in [2.24, 2.45) is 0 Å². The second kappa shape index (κ2) is 6.67. The van der Waals surface area contributed by atoms with Gasteiger partial charge in [-0.25, -0.2) is 0 Å². The molecule has 0 aromatic heterocycles. The SMILES string of the molecule is CCSc1ccc(-c2ccc(OC(C)C)cc2)cc1. The summed E-state index contributed by atoms with van der Waals surface area (Å²) in [4.78, 5) is 1.33. The number of thioether (sulfide) groups is 1. The van der Waals surface area contributed by atoms with Gasteiger partial charge in [-0.2, -0.15) is 0 Å². The molecule has 0 aliphatic carbocycles. The van der Waals surface area contributed by atoms with Crippen molar-refractivity contribution in [2.45, 2.75) is 31.8 Å². The lowest BCUT2D eigenvalue weighted by Crippen LogP contribution is -2.05. The lowest BCUT2D eigenvalue weighted by molar-refractivity contribution is 0.242. The first-order chi connectivity index (χ1) is 9.19. The van der Waals surface area contributed by atoms with E-state index >= 15 is 0 Å². The van der Waals surface area contributed by atoms with E-state index in [9.17, 15) is 0 Å². The van der Waals surface area contributed by atoms with Gasteiger partial charge in [0.15, 0.2) is 0 Å². The summed E-state index contributed by atoms with van der Waals surface area (Å²) < 4.78 is 5.65. The normalized spacial score (nSPS) is 10.7. The van der Waals surface area contributed by atoms with Crippen LogP contribution in [0.15, 0.2) is 53.4 Å². The van der Waals surface area contributed by atoms with Crippen LogP contribution < -0.4 is 4.74 Å². The Hall–Kier alpha value is -1.41. The molecule has 0 saturated heterocycles. The zero-order chi connectivity index (χ0) is 13.7. The molecule has 0 saturated carbocycles. The van der Waals surface area contributed by atoms with Gasteiger partial charge in [-0.15, -0.1) is 11.8 Å². The lowest BCUT2D eigenvalue weighted by Gasteiger charge is -2.10. The minimum absolute atomic E-state index is 0.219. The maximum atomic E-state index is 5.65. The molecule has 0 bridgehead atoms. The summed E-state index contributed by atoms with van der Waals surface area (Å²) in [5.74, 6) is 2.04. The topological polar surface area (TPSA) is 9.23 Å². The van der Waals surface area contributed by atoms with Gasteiger partial charge in [0.2, 0.25) is 0 Å². The van der Waals surface area contributed by atoms with E-state index in [2.05, 4.69) is 43.3 Å². The van der Waals surface area contributed by atoms with E-state index in [-0.39, 0.29) is 6.10 Å². The van der Waals surface area contributed by atoms with E-state index in [1.807, 2.05) is 37.7 Å². The molecule has 19 heavy (non-hydrogen) atoms. The second-order valence-corrected chi connectivity index (χ2v) is 5.99. The van der Waals surface area contributed by atoms with Crippen molar-refractivity contribution < 1.29 is 4.74 Å². The Labute approximate surface area is 120 Å². The number of hydrogen-bond donors (Lipinski definition) is 0. The molecule has 1 nitrogen and oxygen atoms in total. The molecule has 0 unspecified atom stereocenters. The molecule has 100 valence electrons. The van der Waals surface area contributed by atoms with Gasteiger partial charge in [-0.3, -0.25) is 0 Å². The molecule has 2 aromatic rings. The molecule has 2 rings (SSSR count). The van der Waals surface area contributed by atoms with Gasteiger partial charge >= 0.3 is 0 Å². The quantitative estimate of drug-likeness (QED) is 0.687. The van der Waals surface area contributed by atoms with Gasteiger partial charge in [-0.1, -0.05) is 31.2 Å². The van der Waals surface area contributed by atoms with Crippen molar-refractivity contribution in [1.82, 2.24) is 0 Å². The van der Waals surface area contributed by atoms with Crippen LogP contribution in [0.25, 0.3) is 11.1 Å². The maximum absolute atomic E-state index is 5.65. The molecule has 0 N–H and O–H groups in total. The van der Waals surface area contributed by atoms with Gasteiger partial charge in [0, 0.05) is 4.90 Å². The number of rotatable bonds is 5. The third kappa shape index (κ3) is 4.03. The third-order valence-corrected chi connectivity index (χ3v) is 3.62. The minimum atomic E-state index is 0.219. The van der Waals surface area contributed by atoms with Crippen LogP contribution in [-0.4, -0.2) is 11.9 Å². The molecule has 2 aromatic carbocycles. The Bertz CT molecular complexity index is 500. The monoisotopic (exact) mass is 272 g/mol. The lowest BCUT2D eigenvalue weighted by atomic mass is 10.1. The van der Waals surface area contributed by atoms with Crippen LogP contribution in [0.2, 0.25) is 0 Å². The molecule has 0 aliphatic rings. The van der Waals surface area contributed by atoms with Crippen LogP contribution in [0, 0.1) is 0 Å². The molecule has 0 fully saturated rings. The van der Waals surface area contributed by atoms with Gasteiger partial charge in [0.25, 0.3) is 0 Å². The first kappa shape index (κ1) is 14.0. The van der Waals surface area contributed by atoms with Crippen LogP contribution in [-0.2, 0) is 0 Å². The molecule has 0 aliphatic heterocycles. The first-order valence-corrected chi connectivity index (χ1v) is 7.67. The highest BCUT2D eigenvalue weighted by atomic mass is 32.2. The zero-order valence-electron chi connectivity index (χ0n) is 11.7. The van der Waals surface area contributed by atoms with Crippen LogP contribution in [0.1, 0.15) is 20.8 Å². The highest BCUT2D eigenvalue weighted by Crippen LogP contribution is 2.25. The van der Waals surface area contributed by atoms with E-state index in [1.54, 1.807) is 0 Å². The first-order valence-electron chi connectivity index (χ1n) is 6.69. The summed E-state index contributed by atoms with van der Waals surface area (Å²) in [5.41, 5.74) is 2.47. The van der Waals surface area contributed by atoms with Crippen molar-refractivity contribution in [1.29, 1.82) is 0 Å². The highest BCUT2D eigenvalue weighted by Gasteiger charge is 2.01. The fraction of sp³-hybridized carbons (Fsp3) is 0.294. The summed E-state index contributed by atoms with van der Waals surface area (Å²) >= 11 is 1.87. The van der Waals surface area contributed by atoms with E-state index in [1.165, 1.54) is 16.0 Å². The van der Waals surface area contributed by atoms with E-state index in [4.69, 9.17) is 4.74 Å².